The zero-order chi connectivity index (χ0) is 11.4. The summed E-state index contributed by atoms with van der Waals surface area (Å²) >= 11 is 0. The summed E-state index contributed by atoms with van der Waals surface area (Å²) < 4.78 is 0. The van der Waals surface area contributed by atoms with Crippen LogP contribution in [0.15, 0.2) is 12.1 Å². The molecule has 1 heterocycles. The molecule has 0 saturated carbocycles. The van der Waals surface area contributed by atoms with Crippen LogP contribution in [0.4, 0.5) is 5.82 Å². The lowest BCUT2D eigenvalue weighted by molar-refractivity contribution is -0.389. The normalized spacial score (nSPS) is 9.73. The molecule has 0 aliphatic carbocycles. The van der Waals surface area contributed by atoms with E-state index in [0.29, 0.717) is 5.69 Å². The first-order chi connectivity index (χ1) is 7.04. The third kappa shape index (κ3) is 2.71. The second kappa shape index (κ2) is 4.47. The van der Waals surface area contributed by atoms with Gasteiger partial charge in [-0.15, -0.1) is 0 Å². The summed E-state index contributed by atoms with van der Waals surface area (Å²) in [6, 6.07) is 2.45. The van der Waals surface area contributed by atoms with Crippen molar-refractivity contribution < 1.29 is 14.8 Å². The third-order valence-electron chi connectivity index (χ3n) is 1.63. The molecule has 0 atom stereocenters. The molecule has 2 N–H and O–H groups in total. The van der Waals surface area contributed by atoms with Gasteiger partial charge in [0.05, 0.1) is 5.56 Å². The van der Waals surface area contributed by atoms with Crippen molar-refractivity contribution in [2.75, 3.05) is 6.73 Å². The maximum absolute atomic E-state index is 11.3. The Kier molecular flexibility index (Phi) is 3.29. The van der Waals surface area contributed by atoms with E-state index in [-0.39, 0.29) is 5.56 Å². The lowest BCUT2D eigenvalue weighted by Gasteiger charge is -2.01. The lowest BCUT2D eigenvalue weighted by Crippen LogP contribution is -2.24. The number of aromatic nitrogens is 1. The lowest BCUT2D eigenvalue weighted by atomic mass is 10.2. The molecule has 1 aromatic rings. The Morgan fingerprint density at radius 2 is 2.33 bits per heavy atom. The van der Waals surface area contributed by atoms with Gasteiger partial charge in [-0.3, -0.25) is 4.79 Å². The number of aliphatic hydroxyl groups is 1. The van der Waals surface area contributed by atoms with Gasteiger partial charge in [0.15, 0.2) is 5.69 Å². The zero-order valence-corrected chi connectivity index (χ0v) is 7.93. The highest BCUT2D eigenvalue weighted by Crippen LogP contribution is 2.11. The van der Waals surface area contributed by atoms with E-state index < -0.39 is 23.4 Å². The molecule has 0 spiro atoms. The molecule has 0 aliphatic rings. The molecule has 1 amide bonds. The zero-order valence-electron chi connectivity index (χ0n) is 7.93. The number of pyridine rings is 1. The van der Waals surface area contributed by atoms with Crippen molar-refractivity contribution in [2.45, 2.75) is 6.92 Å². The number of hydrogen-bond acceptors (Lipinski definition) is 5. The number of hydrogen-bond donors (Lipinski definition) is 2. The van der Waals surface area contributed by atoms with E-state index in [1.165, 1.54) is 6.07 Å². The van der Waals surface area contributed by atoms with Gasteiger partial charge in [0.25, 0.3) is 5.91 Å². The van der Waals surface area contributed by atoms with Crippen LogP contribution in [0.1, 0.15) is 16.1 Å². The van der Waals surface area contributed by atoms with E-state index in [4.69, 9.17) is 5.11 Å². The molecular formula is C8H9N3O4. The summed E-state index contributed by atoms with van der Waals surface area (Å²) in [6.07, 6.45) is 0. The Hall–Kier alpha value is -2.02. The number of nitrogens with zero attached hydrogens (tertiary/aromatic N) is 2. The largest absolute Gasteiger partial charge is 0.376 e. The highest BCUT2D eigenvalue weighted by Gasteiger charge is 2.14. The molecule has 15 heavy (non-hydrogen) atoms. The summed E-state index contributed by atoms with van der Waals surface area (Å²) in [5.41, 5.74) is 0.468. The van der Waals surface area contributed by atoms with Gasteiger partial charge in [-0.05, 0) is 16.0 Å². The Bertz CT molecular complexity index is 405. The van der Waals surface area contributed by atoms with Crippen molar-refractivity contribution in [3.05, 3.63) is 33.5 Å². The molecule has 1 aromatic heterocycles. The molecule has 0 unspecified atom stereocenters. The highest BCUT2D eigenvalue weighted by molar-refractivity contribution is 5.94. The van der Waals surface area contributed by atoms with Gasteiger partial charge < -0.3 is 20.5 Å². The molecule has 0 aliphatic heterocycles. The molecule has 0 bridgehead atoms. The molecule has 0 aromatic carbocycles. The monoisotopic (exact) mass is 211 g/mol. The summed E-state index contributed by atoms with van der Waals surface area (Å²) in [5.74, 6) is -0.968. The number of rotatable bonds is 3. The molecule has 0 radical (unpaired) electrons. The Labute approximate surface area is 84.9 Å². The fraction of sp³-hybridized carbons (Fsp3) is 0.250. The van der Waals surface area contributed by atoms with Crippen LogP contribution in [-0.4, -0.2) is 27.7 Å². The second-order valence-corrected chi connectivity index (χ2v) is 2.78. The fourth-order valence-corrected chi connectivity index (χ4v) is 1.05. The minimum atomic E-state index is -0.678. The predicted molar refractivity (Wildman–Crippen MR) is 50.2 cm³/mol. The van der Waals surface area contributed by atoms with Gasteiger partial charge in [0.2, 0.25) is 0 Å². The van der Waals surface area contributed by atoms with Gasteiger partial charge in [0, 0.05) is 13.0 Å². The number of nitrogens with one attached hydrogen (secondary N) is 1. The number of nitro groups is 1. The van der Waals surface area contributed by atoms with E-state index in [2.05, 4.69) is 10.3 Å². The molecular weight excluding hydrogens is 202 g/mol. The van der Waals surface area contributed by atoms with Gasteiger partial charge in [0.1, 0.15) is 6.73 Å². The number of aryl methyl sites for hydroxylation is 1. The number of amides is 1. The van der Waals surface area contributed by atoms with E-state index in [1.807, 2.05) is 0 Å². The van der Waals surface area contributed by atoms with Crippen LogP contribution in [0.5, 0.6) is 0 Å². The maximum atomic E-state index is 11.3. The molecule has 7 nitrogen and oxygen atoms in total. The number of carbonyl (C=O) groups excluding carboxylic acids is 1. The van der Waals surface area contributed by atoms with Gasteiger partial charge in [-0.1, -0.05) is 0 Å². The molecule has 7 heteroatoms. The Morgan fingerprint density at radius 1 is 1.67 bits per heavy atom. The van der Waals surface area contributed by atoms with E-state index in [1.54, 1.807) is 6.92 Å². The Morgan fingerprint density at radius 3 is 2.87 bits per heavy atom. The van der Waals surface area contributed by atoms with Crippen molar-refractivity contribution in [2.24, 2.45) is 0 Å². The smallest absolute Gasteiger partial charge is 0.364 e. The van der Waals surface area contributed by atoms with E-state index >= 15 is 0 Å². The van der Waals surface area contributed by atoms with Crippen molar-refractivity contribution in [1.82, 2.24) is 10.3 Å². The van der Waals surface area contributed by atoms with Crippen LogP contribution in [0.25, 0.3) is 0 Å². The van der Waals surface area contributed by atoms with E-state index in [9.17, 15) is 14.9 Å². The maximum Gasteiger partial charge on any atom is 0.364 e. The fourth-order valence-electron chi connectivity index (χ4n) is 1.05. The first-order valence-electron chi connectivity index (χ1n) is 4.06. The van der Waals surface area contributed by atoms with Crippen LogP contribution >= 0.6 is 0 Å². The SMILES string of the molecule is Cc1cc(C(=O)NCO)cc([N+](=O)[O-])n1. The van der Waals surface area contributed by atoms with Crippen molar-refractivity contribution in [1.29, 1.82) is 0 Å². The summed E-state index contributed by atoms with van der Waals surface area (Å²) in [7, 11) is 0. The number of aliphatic hydroxyl groups excluding tert-OH is 1. The molecule has 0 fully saturated rings. The van der Waals surface area contributed by atoms with E-state index in [0.717, 1.165) is 6.07 Å². The van der Waals surface area contributed by atoms with Crippen LogP contribution in [0, 0.1) is 17.0 Å². The van der Waals surface area contributed by atoms with Gasteiger partial charge in [-0.2, -0.15) is 0 Å². The quantitative estimate of drug-likeness (QED) is 0.415. The molecule has 1 rings (SSSR count). The van der Waals surface area contributed by atoms with Crippen molar-refractivity contribution >= 4 is 11.7 Å². The minimum absolute atomic E-state index is 0.100. The van der Waals surface area contributed by atoms with Crippen LogP contribution in [0.2, 0.25) is 0 Å². The third-order valence-corrected chi connectivity index (χ3v) is 1.63. The summed E-state index contributed by atoms with van der Waals surface area (Å²) in [6.45, 7) is 1.02. The van der Waals surface area contributed by atoms with Crippen molar-refractivity contribution in [3.63, 3.8) is 0 Å². The second-order valence-electron chi connectivity index (χ2n) is 2.78. The minimum Gasteiger partial charge on any atom is -0.376 e. The van der Waals surface area contributed by atoms with Crippen LogP contribution < -0.4 is 5.32 Å². The van der Waals surface area contributed by atoms with Gasteiger partial charge >= 0.3 is 5.82 Å². The first-order valence-corrected chi connectivity index (χ1v) is 4.06. The van der Waals surface area contributed by atoms with Gasteiger partial charge in [-0.25, -0.2) is 0 Å². The predicted octanol–water partition coefficient (Wildman–Crippen LogP) is -0.0222. The van der Waals surface area contributed by atoms with Crippen LogP contribution in [0.3, 0.4) is 0 Å². The van der Waals surface area contributed by atoms with Crippen molar-refractivity contribution in [3.8, 4) is 0 Å². The molecule has 80 valence electrons. The van der Waals surface area contributed by atoms with Crippen LogP contribution in [-0.2, 0) is 0 Å². The molecule has 0 saturated heterocycles. The average molecular weight is 211 g/mol. The summed E-state index contributed by atoms with van der Waals surface area (Å²) in [4.78, 5) is 24.7. The topological polar surface area (TPSA) is 105 Å². The standard InChI is InChI=1S/C8H9N3O4/c1-5-2-6(8(13)9-4-12)3-7(10-5)11(14)15/h2-3,12H,4H2,1H3,(H,9,13). The first kappa shape index (κ1) is 11.1. The summed E-state index contributed by atoms with van der Waals surface area (Å²) in [5, 5.41) is 21.0. The number of carbonyl (C=O) groups is 1. The average Bonchev–Trinajstić information content (AvgIpc) is 2.17. The Balaban J connectivity index is 3.09. The highest BCUT2D eigenvalue weighted by atomic mass is 16.6.